The molecule has 0 fully saturated rings. The molecular weight excluding hydrogens is 384 g/mol. The van der Waals surface area contributed by atoms with E-state index in [9.17, 15) is 4.79 Å². The van der Waals surface area contributed by atoms with Crippen LogP contribution in [-0.4, -0.2) is 54.2 Å². The Labute approximate surface area is 203 Å². The Morgan fingerprint density at radius 2 is 1.17 bits per heavy atom. The molecule has 0 aliphatic heterocycles. The van der Waals surface area contributed by atoms with Gasteiger partial charge < -0.3 is 44.0 Å². The Morgan fingerprint density at radius 3 is 1.17 bits per heavy atom. The summed E-state index contributed by atoms with van der Waals surface area (Å²) in [6.07, 6.45) is 0. The van der Waals surface area contributed by atoms with Crippen LogP contribution in [0.2, 0.25) is 0 Å². The van der Waals surface area contributed by atoms with Gasteiger partial charge in [-0.05, 0) is 14.1 Å². The molecule has 0 rings (SSSR count). The molecule has 0 saturated heterocycles. The van der Waals surface area contributed by atoms with Gasteiger partial charge in [-0.1, -0.05) is 37.1 Å². The summed E-state index contributed by atoms with van der Waals surface area (Å²) in [5.41, 5.74) is 23.6. The molecule has 0 bridgehead atoms. The third-order valence-electron chi connectivity index (χ3n) is 0.553. The van der Waals surface area contributed by atoms with Crippen LogP contribution in [0.3, 0.4) is 0 Å². The van der Waals surface area contributed by atoms with E-state index in [0.29, 0.717) is 20.1 Å². The fourth-order valence-corrected chi connectivity index (χ4v) is 0. The maximum absolute atomic E-state index is 9.22. The first-order valence-corrected chi connectivity index (χ1v) is 5.11. The van der Waals surface area contributed by atoms with Crippen molar-refractivity contribution < 1.29 is 67.7 Å². The number of nitrogens with two attached hydrogens (primary N) is 5. The molecule has 156 valence electrons. The number of ether oxygens (including phenoxy) is 1. The Morgan fingerprint density at radius 1 is 1.04 bits per heavy atom. The first-order chi connectivity index (χ1) is 8.47. The van der Waals surface area contributed by atoms with Crippen LogP contribution in [0.4, 0.5) is 0 Å². The monoisotopic (exact) mass is 435 g/mol. The van der Waals surface area contributed by atoms with Crippen LogP contribution in [0.25, 0.3) is 5.32 Å². The molecule has 0 saturated carbocycles. The molecular formula is C14H52N7O2Rb. The number of hydrogen-bond donors (Lipinski definition) is 6. The van der Waals surface area contributed by atoms with E-state index in [-0.39, 0.29) is 101 Å². The smallest absolute Gasteiger partial charge is 0.653 e. The minimum absolute atomic E-state index is 0. The molecule has 0 heterocycles. The quantitative estimate of drug-likeness (QED) is 0.272. The molecule has 9 nitrogen and oxygen atoms in total. The second kappa shape index (κ2) is 127. The number of nitrogens with one attached hydrogen (secondary N) is 1. The van der Waals surface area contributed by atoms with Crippen LogP contribution < -0.4 is 92.2 Å². The second-order valence-electron chi connectivity index (χ2n) is 2.12. The molecule has 0 aromatic heterocycles. The van der Waals surface area contributed by atoms with E-state index >= 15 is 0 Å². The van der Waals surface area contributed by atoms with Crippen molar-refractivity contribution in [3.63, 3.8) is 0 Å². The van der Waals surface area contributed by atoms with E-state index in [1.807, 2.05) is 0 Å². The third-order valence-corrected chi connectivity index (χ3v) is 0.553. The number of carbonyl (C=O) groups excluding carboxylic acids is 1. The van der Waals surface area contributed by atoms with Crippen LogP contribution in [0.5, 0.6) is 0 Å². The van der Waals surface area contributed by atoms with E-state index in [1.54, 1.807) is 21.2 Å². The maximum Gasteiger partial charge on any atom is 1.00 e. The minimum atomic E-state index is -0.333. The summed E-state index contributed by atoms with van der Waals surface area (Å²) in [5, 5.41) is 6.22. The summed E-state index contributed by atoms with van der Waals surface area (Å²) < 4.78 is 4.32. The Bertz CT molecular complexity index is 97.6. The Hall–Kier alpha value is 0.995. The number of nitrogens with zero attached hydrogens (tertiary/aromatic N) is 1. The van der Waals surface area contributed by atoms with E-state index in [0.717, 1.165) is 0 Å². The van der Waals surface area contributed by atoms with Crippen molar-refractivity contribution in [2.45, 2.75) is 44.1 Å². The van der Waals surface area contributed by atoms with Gasteiger partial charge in [0.1, 0.15) is 0 Å². The van der Waals surface area contributed by atoms with Gasteiger partial charge in [0, 0.05) is 20.7 Å². The van der Waals surface area contributed by atoms with E-state index in [1.165, 1.54) is 14.0 Å². The SMILES string of the molecule is C.C.C.C.C.CC(N)=O.CN.CNCN.COCN.C[N-]CN.[Rb+]. The number of hydrogen-bond acceptors (Lipinski definition) is 7. The normalized spacial score (nSPS) is 5.04. The molecule has 0 atom stereocenters. The summed E-state index contributed by atoms with van der Waals surface area (Å²) in [5.74, 6) is -0.333. The van der Waals surface area contributed by atoms with Gasteiger partial charge in [0.2, 0.25) is 5.91 Å². The number of amides is 1. The van der Waals surface area contributed by atoms with E-state index in [2.05, 4.69) is 26.8 Å². The standard InChI is InChI=1S/C2H8N2.C2H7N2.C2H7NO.C2H5NO.CH5N.5CH4.Rb/c3*1-4-2-3;1-2(3)4;1-2;;;;;;/h4H,2-3H2,1H3;2*2-3H2,1H3;1H3,(H2,3,4);2H2,1H3;5*1H4;/q;-1;;;;;;;;;+1. The van der Waals surface area contributed by atoms with Gasteiger partial charge in [0.25, 0.3) is 0 Å². The predicted molar refractivity (Wildman–Crippen MR) is 111 cm³/mol. The van der Waals surface area contributed by atoms with Crippen LogP contribution in [0, 0.1) is 0 Å². The molecule has 10 heteroatoms. The molecule has 0 aromatic rings. The van der Waals surface area contributed by atoms with Crippen molar-refractivity contribution in [3.8, 4) is 0 Å². The zero-order valence-electron chi connectivity index (χ0n) is 13.3. The summed E-state index contributed by atoms with van der Waals surface area (Å²) >= 11 is 0. The van der Waals surface area contributed by atoms with Crippen molar-refractivity contribution >= 4 is 5.91 Å². The average molecular weight is 436 g/mol. The van der Waals surface area contributed by atoms with Crippen LogP contribution in [0.1, 0.15) is 44.1 Å². The van der Waals surface area contributed by atoms with Crippen molar-refractivity contribution in [1.29, 1.82) is 0 Å². The molecule has 0 aliphatic rings. The molecule has 24 heavy (non-hydrogen) atoms. The van der Waals surface area contributed by atoms with Gasteiger partial charge in [0.05, 0.1) is 6.73 Å². The molecule has 0 aromatic carbocycles. The van der Waals surface area contributed by atoms with Gasteiger partial charge in [-0.25, -0.2) is 0 Å². The van der Waals surface area contributed by atoms with Gasteiger partial charge in [-0.15, -0.1) is 6.67 Å². The Kier molecular flexibility index (Phi) is 389. The largest absolute Gasteiger partial charge is 1.00 e. The first kappa shape index (κ1) is 73.5. The number of rotatable bonds is 3. The fraction of sp³-hybridized carbons (Fsp3) is 0.929. The predicted octanol–water partition coefficient (Wildman–Crippen LogP) is -2.17. The summed E-state index contributed by atoms with van der Waals surface area (Å²) in [7, 11) is 6.54. The van der Waals surface area contributed by atoms with Crippen molar-refractivity contribution in [2.75, 3.05) is 48.3 Å². The number of primary amides is 1. The first-order valence-electron chi connectivity index (χ1n) is 5.11. The average Bonchev–Trinajstić information content (AvgIpc) is 2.40. The van der Waals surface area contributed by atoms with Gasteiger partial charge in [-0.3, -0.25) is 4.79 Å². The second-order valence-corrected chi connectivity index (χ2v) is 2.12. The van der Waals surface area contributed by atoms with Gasteiger partial charge >= 0.3 is 58.2 Å². The zero-order chi connectivity index (χ0) is 15.8. The number of methoxy groups -OCH3 is 1. The maximum atomic E-state index is 9.22. The summed E-state index contributed by atoms with van der Waals surface area (Å²) in [4.78, 5) is 9.22. The van der Waals surface area contributed by atoms with Crippen LogP contribution in [0.15, 0.2) is 0 Å². The fourth-order valence-electron chi connectivity index (χ4n) is 0. The van der Waals surface area contributed by atoms with Crippen molar-refractivity contribution in [2.24, 2.45) is 28.7 Å². The number of carbonyl (C=O) groups is 1. The molecule has 0 spiro atoms. The van der Waals surface area contributed by atoms with Crippen molar-refractivity contribution in [1.82, 2.24) is 5.32 Å². The van der Waals surface area contributed by atoms with Crippen molar-refractivity contribution in [3.05, 3.63) is 5.32 Å². The van der Waals surface area contributed by atoms with Gasteiger partial charge in [-0.2, -0.15) is 7.05 Å². The van der Waals surface area contributed by atoms with E-state index in [4.69, 9.17) is 17.2 Å². The molecule has 0 aliphatic carbocycles. The molecule has 1 amide bonds. The van der Waals surface area contributed by atoms with Crippen LogP contribution in [-0.2, 0) is 9.53 Å². The molecule has 11 N–H and O–H groups in total. The summed E-state index contributed by atoms with van der Waals surface area (Å²) in [6.45, 7) is 2.64. The van der Waals surface area contributed by atoms with Gasteiger partial charge in [0.15, 0.2) is 0 Å². The minimum Gasteiger partial charge on any atom is -0.653 e. The molecule has 0 unspecified atom stereocenters. The topological polar surface area (TPSA) is 183 Å². The third kappa shape index (κ3) is 697. The Balaban J connectivity index is -0.00000000932. The molecule has 0 radical (unpaired) electrons. The van der Waals surface area contributed by atoms with E-state index < -0.39 is 0 Å². The summed E-state index contributed by atoms with van der Waals surface area (Å²) in [6, 6.07) is 0. The zero-order valence-corrected chi connectivity index (χ0v) is 18.2. The van der Waals surface area contributed by atoms with Crippen LogP contribution >= 0.6 is 0 Å².